The first-order valence-corrected chi connectivity index (χ1v) is 4.22. The maximum Gasteiger partial charge on any atom is 0.373 e. The molecule has 0 atom stereocenters. The van der Waals surface area contributed by atoms with E-state index >= 15 is 0 Å². The van der Waals surface area contributed by atoms with E-state index in [0.717, 1.165) is 0 Å². The molecule has 0 bridgehead atoms. The van der Waals surface area contributed by atoms with Gasteiger partial charge in [0.1, 0.15) is 6.61 Å². The van der Waals surface area contributed by atoms with Crippen molar-refractivity contribution in [2.75, 3.05) is 6.61 Å². The molecule has 0 fully saturated rings. The Bertz CT molecular complexity index is 204. The van der Waals surface area contributed by atoms with Gasteiger partial charge in [-0.2, -0.15) is 0 Å². The highest BCUT2D eigenvalue weighted by molar-refractivity contribution is 5.86. The van der Waals surface area contributed by atoms with E-state index in [1.165, 1.54) is 0 Å². The molecule has 0 radical (unpaired) electrons. The number of esters is 1. The lowest BCUT2D eigenvalue weighted by atomic mass is 10.4. The summed E-state index contributed by atoms with van der Waals surface area (Å²) in [5.41, 5.74) is 0. The first-order valence-electron chi connectivity index (χ1n) is 4.22. The van der Waals surface area contributed by atoms with Crippen LogP contribution in [0.5, 0.6) is 0 Å². The summed E-state index contributed by atoms with van der Waals surface area (Å²) >= 11 is 0. The minimum absolute atomic E-state index is 0.130. The number of hydrogen-bond donors (Lipinski definition) is 0. The standard InChI is InChI=1S/C10H16O3/c1-5-7-12-9(6-2)10(11)13-8(3)4/h5-6,8H,1,7H2,2-4H3. The highest BCUT2D eigenvalue weighted by atomic mass is 16.6. The van der Waals surface area contributed by atoms with Crippen molar-refractivity contribution in [3.8, 4) is 0 Å². The Morgan fingerprint density at radius 3 is 2.54 bits per heavy atom. The minimum Gasteiger partial charge on any atom is -0.483 e. The Morgan fingerprint density at radius 1 is 1.54 bits per heavy atom. The van der Waals surface area contributed by atoms with Crippen LogP contribution in [0.1, 0.15) is 20.8 Å². The van der Waals surface area contributed by atoms with Crippen molar-refractivity contribution in [1.82, 2.24) is 0 Å². The molecule has 0 aliphatic rings. The number of carbonyl (C=O) groups excluding carboxylic acids is 1. The smallest absolute Gasteiger partial charge is 0.373 e. The number of carbonyl (C=O) groups is 1. The molecule has 0 aliphatic heterocycles. The van der Waals surface area contributed by atoms with Gasteiger partial charge >= 0.3 is 5.97 Å². The highest BCUT2D eigenvalue weighted by Crippen LogP contribution is 2.03. The molecule has 0 rings (SSSR count). The summed E-state index contributed by atoms with van der Waals surface area (Å²) < 4.78 is 10.0. The van der Waals surface area contributed by atoms with E-state index in [2.05, 4.69) is 6.58 Å². The molecule has 0 aliphatic carbocycles. The second-order valence-corrected chi connectivity index (χ2v) is 2.71. The molecule has 13 heavy (non-hydrogen) atoms. The van der Waals surface area contributed by atoms with Crippen LogP contribution < -0.4 is 0 Å². The van der Waals surface area contributed by atoms with E-state index in [1.807, 2.05) is 0 Å². The van der Waals surface area contributed by atoms with Crippen LogP contribution in [0.25, 0.3) is 0 Å². The van der Waals surface area contributed by atoms with Gasteiger partial charge in [-0.3, -0.25) is 0 Å². The number of rotatable bonds is 5. The van der Waals surface area contributed by atoms with E-state index in [9.17, 15) is 4.79 Å². The molecule has 0 unspecified atom stereocenters. The molecule has 0 aromatic heterocycles. The Morgan fingerprint density at radius 2 is 2.15 bits per heavy atom. The molecule has 0 heterocycles. The fourth-order valence-corrected chi connectivity index (χ4v) is 0.681. The topological polar surface area (TPSA) is 35.5 Å². The minimum atomic E-state index is -0.431. The average molecular weight is 184 g/mol. The molecule has 0 saturated heterocycles. The zero-order valence-electron chi connectivity index (χ0n) is 8.37. The van der Waals surface area contributed by atoms with Crippen molar-refractivity contribution in [2.24, 2.45) is 0 Å². The average Bonchev–Trinajstić information content (AvgIpc) is 2.04. The molecule has 0 amide bonds. The summed E-state index contributed by atoms with van der Waals surface area (Å²) in [6, 6.07) is 0. The van der Waals surface area contributed by atoms with Gasteiger partial charge in [0.25, 0.3) is 0 Å². The highest BCUT2D eigenvalue weighted by Gasteiger charge is 2.12. The molecule has 0 saturated carbocycles. The second kappa shape index (κ2) is 6.29. The molecule has 0 N–H and O–H groups in total. The summed E-state index contributed by atoms with van der Waals surface area (Å²) in [6.07, 6.45) is 3.02. The van der Waals surface area contributed by atoms with Crippen molar-refractivity contribution in [2.45, 2.75) is 26.9 Å². The summed E-state index contributed by atoms with van der Waals surface area (Å²) in [5, 5.41) is 0. The van der Waals surface area contributed by atoms with Crippen molar-refractivity contribution in [3.63, 3.8) is 0 Å². The molecule has 0 spiro atoms. The van der Waals surface area contributed by atoms with Gasteiger partial charge in [-0.15, -0.1) is 0 Å². The van der Waals surface area contributed by atoms with E-state index in [0.29, 0.717) is 6.61 Å². The Kier molecular flexibility index (Phi) is 5.68. The first-order chi connectivity index (χ1) is 6.11. The van der Waals surface area contributed by atoms with Crippen LogP contribution in [0.2, 0.25) is 0 Å². The van der Waals surface area contributed by atoms with Crippen molar-refractivity contribution < 1.29 is 14.3 Å². The summed E-state index contributed by atoms with van der Waals surface area (Å²) in [6.45, 7) is 9.10. The molecule has 0 aromatic rings. The molecule has 74 valence electrons. The van der Waals surface area contributed by atoms with Gasteiger partial charge in [-0.05, 0) is 26.8 Å². The van der Waals surface area contributed by atoms with Crippen molar-refractivity contribution >= 4 is 5.97 Å². The zero-order chi connectivity index (χ0) is 10.3. The SMILES string of the molecule is C=CCOC(=CC)C(=O)OC(C)C. The number of allylic oxidation sites excluding steroid dienone is 1. The monoisotopic (exact) mass is 184 g/mol. The first kappa shape index (κ1) is 11.8. The third-order valence-corrected chi connectivity index (χ3v) is 1.16. The molecular formula is C10H16O3. The number of hydrogen-bond acceptors (Lipinski definition) is 3. The van der Waals surface area contributed by atoms with Gasteiger partial charge in [0.05, 0.1) is 6.10 Å². The van der Waals surface area contributed by atoms with E-state index < -0.39 is 5.97 Å². The maximum absolute atomic E-state index is 11.2. The quantitative estimate of drug-likeness (QED) is 0.284. The predicted octanol–water partition coefficient (Wildman–Crippen LogP) is 2.04. The van der Waals surface area contributed by atoms with Gasteiger partial charge < -0.3 is 9.47 Å². The second-order valence-electron chi connectivity index (χ2n) is 2.71. The normalized spacial score (nSPS) is 11.2. The predicted molar refractivity (Wildman–Crippen MR) is 51.1 cm³/mol. The largest absolute Gasteiger partial charge is 0.483 e. The van der Waals surface area contributed by atoms with Crippen molar-refractivity contribution in [3.05, 3.63) is 24.5 Å². The fourth-order valence-electron chi connectivity index (χ4n) is 0.681. The van der Waals surface area contributed by atoms with Crippen LogP contribution in [0.4, 0.5) is 0 Å². The van der Waals surface area contributed by atoms with E-state index in [-0.39, 0.29) is 11.9 Å². The van der Waals surface area contributed by atoms with Crippen LogP contribution in [-0.2, 0) is 14.3 Å². The van der Waals surface area contributed by atoms with E-state index in [4.69, 9.17) is 9.47 Å². The van der Waals surface area contributed by atoms with Gasteiger partial charge in [-0.25, -0.2) is 4.79 Å². The van der Waals surface area contributed by atoms with Crippen molar-refractivity contribution in [1.29, 1.82) is 0 Å². The lowest BCUT2D eigenvalue weighted by molar-refractivity contribution is -0.146. The van der Waals surface area contributed by atoms with Gasteiger partial charge in [-0.1, -0.05) is 12.7 Å². The lowest BCUT2D eigenvalue weighted by Gasteiger charge is -2.10. The molecule has 3 heteroatoms. The third kappa shape index (κ3) is 5.06. The molecular weight excluding hydrogens is 168 g/mol. The van der Waals surface area contributed by atoms with Gasteiger partial charge in [0.15, 0.2) is 0 Å². The van der Waals surface area contributed by atoms with Gasteiger partial charge in [0, 0.05) is 0 Å². The van der Waals surface area contributed by atoms with Crippen LogP contribution in [0, 0.1) is 0 Å². The number of ether oxygens (including phenoxy) is 2. The van der Waals surface area contributed by atoms with Crippen LogP contribution in [0.15, 0.2) is 24.5 Å². The van der Waals surface area contributed by atoms with Crippen LogP contribution in [0.3, 0.4) is 0 Å². The molecule has 3 nitrogen and oxygen atoms in total. The Labute approximate surface area is 79.0 Å². The maximum atomic E-state index is 11.2. The van der Waals surface area contributed by atoms with Crippen LogP contribution in [-0.4, -0.2) is 18.7 Å². The fraction of sp³-hybridized carbons (Fsp3) is 0.500. The van der Waals surface area contributed by atoms with E-state index in [1.54, 1.807) is 32.9 Å². The summed E-state index contributed by atoms with van der Waals surface area (Å²) in [4.78, 5) is 11.2. The van der Waals surface area contributed by atoms with Crippen LogP contribution >= 0.6 is 0 Å². The Balaban J connectivity index is 4.09. The Hall–Kier alpha value is -1.25. The zero-order valence-corrected chi connectivity index (χ0v) is 8.37. The molecule has 0 aromatic carbocycles. The lowest BCUT2D eigenvalue weighted by Crippen LogP contribution is -2.15. The summed E-state index contributed by atoms with van der Waals surface area (Å²) in [5.74, 6) is -0.201. The van der Waals surface area contributed by atoms with Gasteiger partial charge in [0.2, 0.25) is 5.76 Å². The third-order valence-electron chi connectivity index (χ3n) is 1.16. The summed E-state index contributed by atoms with van der Waals surface area (Å²) in [7, 11) is 0.